The number of rotatable bonds is 10. The fraction of sp³-hybridized carbons (Fsp3) is 0.375. The van der Waals surface area contributed by atoms with Crippen molar-refractivity contribution in [3.05, 3.63) is 104 Å². The van der Waals surface area contributed by atoms with Crippen LogP contribution in [0, 0.1) is 6.92 Å². The zero-order valence-electron chi connectivity index (χ0n) is 25.1. The zero-order chi connectivity index (χ0) is 31.3. The van der Waals surface area contributed by atoms with Gasteiger partial charge < -0.3 is 15.0 Å². The van der Waals surface area contributed by atoms with Crippen molar-refractivity contribution in [2.45, 2.75) is 65.6 Å². The molecular formula is C32H37Cl2N5O4. The lowest BCUT2D eigenvalue weighted by molar-refractivity contribution is 0.0523. The van der Waals surface area contributed by atoms with E-state index in [1.807, 2.05) is 43.3 Å². The predicted octanol–water partition coefficient (Wildman–Crippen LogP) is 6.67. The largest absolute Gasteiger partial charge is 0.444 e. The Hall–Kier alpha value is -3.82. The number of fused-ring (bicyclic) bond motifs is 1. The van der Waals surface area contributed by atoms with Crippen LogP contribution < -0.4 is 11.0 Å². The van der Waals surface area contributed by atoms with E-state index in [2.05, 4.69) is 10.4 Å². The van der Waals surface area contributed by atoms with E-state index >= 15 is 0 Å². The fourth-order valence-corrected chi connectivity index (χ4v) is 5.24. The minimum Gasteiger partial charge on any atom is -0.444 e. The first-order valence-corrected chi connectivity index (χ1v) is 15.0. The third-order valence-corrected chi connectivity index (χ3v) is 7.63. The number of aromatic nitrogens is 3. The first-order valence-electron chi connectivity index (χ1n) is 14.3. The van der Waals surface area contributed by atoms with E-state index in [0.29, 0.717) is 58.4 Å². The van der Waals surface area contributed by atoms with Gasteiger partial charge in [-0.05, 0) is 76.4 Å². The van der Waals surface area contributed by atoms with Gasteiger partial charge in [-0.25, -0.2) is 9.59 Å². The molecule has 0 aliphatic rings. The molecule has 2 aromatic carbocycles. The molecule has 0 radical (unpaired) electrons. The van der Waals surface area contributed by atoms with Gasteiger partial charge in [0.25, 0.3) is 5.91 Å². The van der Waals surface area contributed by atoms with Crippen molar-refractivity contribution in [1.82, 2.24) is 24.4 Å². The van der Waals surface area contributed by atoms with Crippen LogP contribution in [-0.4, -0.2) is 49.8 Å². The summed E-state index contributed by atoms with van der Waals surface area (Å²) in [6.45, 7) is 9.98. The van der Waals surface area contributed by atoms with Crippen LogP contribution in [-0.2, 0) is 11.3 Å². The summed E-state index contributed by atoms with van der Waals surface area (Å²) >= 11 is 12.7. The lowest BCUT2D eigenvalue weighted by atomic mass is 10.0. The summed E-state index contributed by atoms with van der Waals surface area (Å²) in [5, 5.41) is 8.05. The monoisotopic (exact) mass is 625 g/mol. The second-order valence-electron chi connectivity index (χ2n) is 11.3. The summed E-state index contributed by atoms with van der Waals surface area (Å²) in [6.07, 6.45) is 0.434. The number of ether oxygens (including phenoxy) is 1. The normalized spacial score (nSPS) is 12.3. The molecule has 0 aliphatic carbocycles. The molecule has 0 aliphatic heterocycles. The average Bonchev–Trinajstić information content (AvgIpc) is 3.25. The standard InChI is InChI=1S/C32H37Cl2N5O4/c1-6-25(26-19-27-28(34)21(2)36-39(27)31(42)38(26)20-22-11-8-7-9-12-22)37(29(40)23-13-15-24(33)16-14-23)18-10-17-35-30(41)43-32(3,4)5/h7-9,11-16,19,25H,6,10,17-18,20H2,1-5H3,(H,35,41)/t25-/m1/s1. The van der Waals surface area contributed by atoms with E-state index in [1.54, 1.807) is 61.4 Å². The Labute approximate surface area is 261 Å². The molecule has 1 N–H and O–H groups in total. The summed E-state index contributed by atoms with van der Waals surface area (Å²) < 4.78 is 8.31. The van der Waals surface area contributed by atoms with E-state index in [1.165, 1.54) is 4.52 Å². The van der Waals surface area contributed by atoms with E-state index in [4.69, 9.17) is 27.9 Å². The van der Waals surface area contributed by atoms with Gasteiger partial charge in [0.05, 0.1) is 28.8 Å². The van der Waals surface area contributed by atoms with Crippen molar-refractivity contribution >= 4 is 40.7 Å². The Morgan fingerprint density at radius 1 is 1.07 bits per heavy atom. The maximum Gasteiger partial charge on any atom is 0.407 e. The number of benzene rings is 2. The smallest absolute Gasteiger partial charge is 0.407 e. The summed E-state index contributed by atoms with van der Waals surface area (Å²) in [4.78, 5) is 42.0. The van der Waals surface area contributed by atoms with Gasteiger partial charge in [-0.2, -0.15) is 9.61 Å². The van der Waals surface area contributed by atoms with Crippen LogP contribution in [0.15, 0.2) is 65.5 Å². The molecule has 4 rings (SSSR count). The Balaban J connectivity index is 1.76. The topological polar surface area (TPSA) is 97.9 Å². The van der Waals surface area contributed by atoms with E-state index in [-0.39, 0.29) is 18.1 Å². The third-order valence-electron chi connectivity index (χ3n) is 6.91. The number of carbonyl (C=O) groups excluding carboxylic acids is 2. The van der Waals surface area contributed by atoms with Crippen molar-refractivity contribution in [3.63, 3.8) is 0 Å². The number of amides is 2. The predicted molar refractivity (Wildman–Crippen MR) is 169 cm³/mol. The van der Waals surface area contributed by atoms with Gasteiger partial charge in [0.2, 0.25) is 0 Å². The van der Waals surface area contributed by atoms with Crippen LogP contribution in [0.3, 0.4) is 0 Å². The fourth-order valence-electron chi connectivity index (χ4n) is 4.94. The summed E-state index contributed by atoms with van der Waals surface area (Å²) in [5.74, 6) is -0.227. The molecule has 11 heteroatoms. The quantitative estimate of drug-likeness (QED) is 0.199. The van der Waals surface area contributed by atoms with Crippen LogP contribution in [0.25, 0.3) is 5.52 Å². The van der Waals surface area contributed by atoms with Crippen molar-refractivity contribution < 1.29 is 14.3 Å². The highest BCUT2D eigenvalue weighted by Crippen LogP contribution is 2.30. The maximum atomic E-state index is 14.1. The lowest BCUT2D eigenvalue weighted by Gasteiger charge is -2.33. The molecule has 228 valence electrons. The Morgan fingerprint density at radius 2 is 1.74 bits per heavy atom. The van der Waals surface area contributed by atoms with Crippen molar-refractivity contribution in [1.29, 1.82) is 0 Å². The Morgan fingerprint density at radius 3 is 2.37 bits per heavy atom. The number of nitrogens with one attached hydrogen (secondary N) is 1. The maximum absolute atomic E-state index is 14.1. The molecule has 9 nitrogen and oxygen atoms in total. The molecular weight excluding hydrogens is 589 g/mol. The molecule has 2 heterocycles. The van der Waals surface area contributed by atoms with Gasteiger partial charge in [0.15, 0.2) is 0 Å². The van der Waals surface area contributed by atoms with Gasteiger partial charge in [-0.1, -0.05) is 60.5 Å². The number of carbonyl (C=O) groups is 2. The summed E-state index contributed by atoms with van der Waals surface area (Å²) in [6, 6.07) is 17.7. The first-order chi connectivity index (χ1) is 20.4. The van der Waals surface area contributed by atoms with Crippen LogP contribution in [0.2, 0.25) is 10.0 Å². The molecule has 4 aromatic rings. The molecule has 2 aromatic heterocycles. The molecule has 0 bridgehead atoms. The Bertz CT molecular complexity index is 1640. The van der Waals surface area contributed by atoms with Crippen LogP contribution >= 0.6 is 23.2 Å². The van der Waals surface area contributed by atoms with Gasteiger partial charge in [0.1, 0.15) is 5.60 Å². The second kappa shape index (κ2) is 13.7. The zero-order valence-corrected chi connectivity index (χ0v) is 26.6. The number of hydrogen-bond donors (Lipinski definition) is 1. The SMILES string of the molecule is CC[C@H](c1cc2c(Cl)c(C)nn2c(=O)n1Cc1ccccc1)N(CCCNC(=O)OC(C)(C)C)C(=O)c1ccc(Cl)cc1. The number of aryl methyl sites for hydroxylation is 1. The van der Waals surface area contributed by atoms with Crippen molar-refractivity contribution in [2.24, 2.45) is 0 Å². The van der Waals surface area contributed by atoms with E-state index in [9.17, 15) is 14.4 Å². The lowest BCUT2D eigenvalue weighted by Crippen LogP contribution is -2.41. The summed E-state index contributed by atoms with van der Waals surface area (Å²) in [7, 11) is 0. The molecule has 1 atom stereocenters. The molecule has 43 heavy (non-hydrogen) atoms. The third kappa shape index (κ3) is 7.77. The highest BCUT2D eigenvalue weighted by atomic mass is 35.5. The van der Waals surface area contributed by atoms with Crippen molar-refractivity contribution in [3.8, 4) is 0 Å². The van der Waals surface area contributed by atoms with Crippen LogP contribution in [0.1, 0.15) is 73.9 Å². The molecule has 0 saturated heterocycles. The highest BCUT2D eigenvalue weighted by molar-refractivity contribution is 6.34. The van der Waals surface area contributed by atoms with Gasteiger partial charge >= 0.3 is 11.8 Å². The first kappa shape index (κ1) is 32.1. The molecule has 0 fully saturated rings. The minimum atomic E-state index is -0.623. The van der Waals surface area contributed by atoms with Gasteiger partial charge in [-0.3, -0.25) is 9.36 Å². The Kier molecular flexibility index (Phi) is 10.2. The molecule has 0 spiro atoms. The number of alkyl carbamates (subject to hydrolysis) is 1. The van der Waals surface area contributed by atoms with Crippen molar-refractivity contribution in [2.75, 3.05) is 13.1 Å². The number of nitrogens with zero attached hydrogens (tertiary/aromatic N) is 4. The van der Waals surface area contributed by atoms with Crippen LogP contribution in [0.5, 0.6) is 0 Å². The number of hydrogen-bond acceptors (Lipinski definition) is 5. The molecule has 0 saturated carbocycles. The number of halogens is 2. The van der Waals surface area contributed by atoms with Gasteiger partial charge in [-0.15, -0.1) is 0 Å². The molecule has 2 amide bonds. The summed E-state index contributed by atoms with van der Waals surface area (Å²) in [5.41, 5.74) is 2.06. The van der Waals surface area contributed by atoms with E-state index < -0.39 is 17.7 Å². The second-order valence-corrected chi connectivity index (χ2v) is 12.1. The minimum absolute atomic E-state index is 0.227. The highest BCUT2D eigenvalue weighted by Gasteiger charge is 2.29. The van der Waals surface area contributed by atoms with E-state index in [0.717, 1.165) is 5.56 Å². The molecule has 0 unspecified atom stereocenters. The van der Waals surface area contributed by atoms with Gasteiger partial charge in [0, 0.05) is 29.4 Å². The van der Waals surface area contributed by atoms with Crippen LogP contribution in [0.4, 0.5) is 4.79 Å². The average molecular weight is 627 g/mol.